The lowest BCUT2D eigenvalue weighted by atomic mass is 10.0. The van der Waals surface area contributed by atoms with Crippen molar-refractivity contribution in [3.05, 3.63) is 35.4 Å². The molecule has 1 aromatic rings. The molecule has 1 aromatic carbocycles. The average molecular weight is 436 g/mol. The van der Waals surface area contributed by atoms with Gasteiger partial charge in [0.15, 0.2) is 9.84 Å². The van der Waals surface area contributed by atoms with Gasteiger partial charge in [-0.2, -0.15) is 13.2 Å². The van der Waals surface area contributed by atoms with Gasteiger partial charge in [0.25, 0.3) is 0 Å². The number of sulfone groups is 1. The first-order valence-electron chi connectivity index (χ1n) is 9.44. The van der Waals surface area contributed by atoms with Gasteiger partial charge in [-0.1, -0.05) is 26.0 Å². The van der Waals surface area contributed by atoms with Gasteiger partial charge in [-0.3, -0.25) is 9.69 Å². The topological polar surface area (TPSA) is 75.7 Å². The van der Waals surface area contributed by atoms with Gasteiger partial charge in [0.1, 0.15) is 5.75 Å². The lowest BCUT2D eigenvalue weighted by Crippen LogP contribution is -2.44. The third-order valence-corrected chi connectivity index (χ3v) is 6.42. The molecule has 2 rings (SSSR count). The van der Waals surface area contributed by atoms with E-state index in [1.54, 1.807) is 13.8 Å². The molecule has 10 heteroatoms. The van der Waals surface area contributed by atoms with E-state index in [1.807, 2.05) is 4.90 Å². The lowest BCUT2D eigenvalue weighted by Gasteiger charge is -2.35. The Hall–Kier alpha value is -1.65. The first-order valence-corrected chi connectivity index (χ1v) is 11.3. The number of morpholine rings is 1. The van der Waals surface area contributed by atoms with Crippen molar-refractivity contribution in [2.24, 2.45) is 5.92 Å². The molecule has 1 fully saturated rings. The van der Waals surface area contributed by atoms with Gasteiger partial charge >= 0.3 is 6.18 Å². The van der Waals surface area contributed by atoms with Crippen molar-refractivity contribution in [2.45, 2.75) is 26.1 Å². The Morgan fingerprint density at radius 3 is 2.28 bits per heavy atom. The fourth-order valence-electron chi connectivity index (χ4n) is 3.27. The molecule has 1 heterocycles. The minimum Gasteiger partial charge on any atom is -0.379 e. The SMILES string of the molecule is CC(C)CS(=O)(=O)CC(=O)NCC(c1ccc(C(F)(F)F)cc1)N1CCOCC1. The third kappa shape index (κ3) is 7.60. The summed E-state index contributed by atoms with van der Waals surface area (Å²) in [4.78, 5) is 14.2. The minimum atomic E-state index is -4.42. The van der Waals surface area contributed by atoms with E-state index in [1.165, 1.54) is 12.1 Å². The predicted molar refractivity (Wildman–Crippen MR) is 103 cm³/mol. The van der Waals surface area contributed by atoms with E-state index >= 15 is 0 Å². The summed E-state index contributed by atoms with van der Waals surface area (Å²) >= 11 is 0. The maximum Gasteiger partial charge on any atom is 0.416 e. The molecule has 0 radical (unpaired) electrons. The molecule has 1 atom stereocenters. The van der Waals surface area contributed by atoms with Gasteiger partial charge in [-0.25, -0.2) is 8.42 Å². The van der Waals surface area contributed by atoms with Gasteiger partial charge in [-0.05, 0) is 23.6 Å². The van der Waals surface area contributed by atoms with E-state index in [-0.39, 0.29) is 24.3 Å². The highest BCUT2D eigenvalue weighted by Crippen LogP contribution is 2.31. The van der Waals surface area contributed by atoms with Crippen LogP contribution in [-0.4, -0.2) is 63.6 Å². The van der Waals surface area contributed by atoms with Crippen LogP contribution in [0.1, 0.15) is 31.0 Å². The van der Waals surface area contributed by atoms with Crippen LogP contribution < -0.4 is 5.32 Å². The summed E-state index contributed by atoms with van der Waals surface area (Å²) in [7, 11) is -3.51. The summed E-state index contributed by atoms with van der Waals surface area (Å²) in [5, 5.41) is 2.63. The van der Waals surface area contributed by atoms with Crippen molar-refractivity contribution in [1.82, 2.24) is 10.2 Å². The van der Waals surface area contributed by atoms with Crippen molar-refractivity contribution in [3.8, 4) is 0 Å². The van der Waals surface area contributed by atoms with E-state index in [9.17, 15) is 26.4 Å². The summed E-state index contributed by atoms with van der Waals surface area (Å²) in [6, 6.07) is 4.43. The number of halogens is 3. The molecule has 1 unspecified atom stereocenters. The van der Waals surface area contributed by atoms with Crippen LogP contribution in [0.5, 0.6) is 0 Å². The highest BCUT2D eigenvalue weighted by molar-refractivity contribution is 7.92. The molecular formula is C19H27F3N2O4S. The van der Waals surface area contributed by atoms with Crippen molar-refractivity contribution in [2.75, 3.05) is 44.4 Å². The van der Waals surface area contributed by atoms with Crippen molar-refractivity contribution in [1.29, 1.82) is 0 Å². The van der Waals surface area contributed by atoms with Gasteiger partial charge in [0.2, 0.25) is 5.91 Å². The molecule has 0 spiro atoms. The third-order valence-electron chi connectivity index (χ3n) is 4.54. The van der Waals surface area contributed by atoms with Crippen molar-refractivity contribution >= 4 is 15.7 Å². The number of benzene rings is 1. The molecular weight excluding hydrogens is 409 g/mol. The Morgan fingerprint density at radius 2 is 1.76 bits per heavy atom. The molecule has 1 aliphatic heterocycles. The van der Waals surface area contributed by atoms with Gasteiger partial charge in [0, 0.05) is 19.6 Å². The second-order valence-corrected chi connectivity index (χ2v) is 9.65. The second-order valence-electron chi connectivity index (χ2n) is 7.54. The Kier molecular flexibility index (Phi) is 8.07. The van der Waals surface area contributed by atoms with E-state index in [0.29, 0.717) is 31.9 Å². The van der Waals surface area contributed by atoms with Crippen LogP contribution in [0.15, 0.2) is 24.3 Å². The number of hydrogen-bond acceptors (Lipinski definition) is 5. The first kappa shape index (κ1) is 23.6. The highest BCUT2D eigenvalue weighted by Gasteiger charge is 2.31. The number of nitrogens with one attached hydrogen (secondary N) is 1. The maximum absolute atomic E-state index is 12.8. The van der Waals surface area contributed by atoms with Crippen LogP contribution >= 0.6 is 0 Å². The van der Waals surface area contributed by atoms with Gasteiger partial charge < -0.3 is 10.1 Å². The Balaban J connectivity index is 2.10. The van der Waals surface area contributed by atoms with Crippen molar-refractivity contribution < 1.29 is 31.1 Å². The van der Waals surface area contributed by atoms with Crippen molar-refractivity contribution in [3.63, 3.8) is 0 Å². The standard InChI is InChI=1S/C19H27F3N2O4S/c1-14(2)12-29(26,27)13-18(25)23-11-17(24-7-9-28-10-8-24)15-3-5-16(6-4-15)19(20,21)22/h3-6,14,17H,7-13H2,1-2H3,(H,23,25). The zero-order chi connectivity index (χ0) is 21.7. The average Bonchev–Trinajstić information content (AvgIpc) is 2.61. The molecule has 0 bridgehead atoms. The Bertz CT molecular complexity index is 774. The molecule has 6 nitrogen and oxygen atoms in total. The fraction of sp³-hybridized carbons (Fsp3) is 0.632. The number of nitrogens with zero attached hydrogens (tertiary/aromatic N) is 1. The van der Waals surface area contributed by atoms with Crippen LogP contribution in [0.4, 0.5) is 13.2 Å². The van der Waals surface area contributed by atoms with E-state index < -0.39 is 33.2 Å². The number of rotatable bonds is 8. The molecule has 1 aliphatic rings. The number of alkyl halides is 3. The zero-order valence-corrected chi connectivity index (χ0v) is 17.4. The molecule has 1 N–H and O–H groups in total. The van der Waals surface area contributed by atoms with Crippen LogP contribution in [0.3, 0.4) is 0 Å². The maximum atomic E-state index is 12.8. The van der Waals surface area contributed by atoms with E-state index in [2.05, 4.69) is 5.32 Å². The monoisotopic (exact) mass is 436 g/mol. The van der Waals surface area contributed by atoms with Crippen LogP contribution in [-0.2, 0) is 25.5 Å². The molecule has 0 aromatic heterocycles. The Labute approximate surface area is 169 Å². The quantitative estimate of drug-likeness (QED) is 0.677. The van der Waals surface area contributed by atoms with Gasteiger partial charge in [0.05, 0.1) is 30.6 Å². The normalized spacial score (nSPS) is 17.3. The number of carbonyl (C=O) groups excluding carboxylic acids is 1. The molecule has 1 amide bonds. The Morgan fingerprint density at radius 1 is 1.17 bits per heavy atom. The van der Waals surface area contributed by atoms with Crippen LogP contribution in [0.25, 0.3) is 0 Å². The largest absolute Gasteiger partial charge is 0.416 e. The van der Waals surface area contributed by atoms with Crippen LogP contribution in [0.2, 0.25) is 0 Å². The van der Waals surface area contributed by atoms with Gasteiger partial charge in [-0.15, -0.1) is 0 Å². The van der Waals surface area contributed by atoms with E-state index in [0.717, 1.165) is 12.1 Å². The predicted octanol–water partition coefficient (Wildman–Crippen LogP) is 2.27. The summed E-state index contributed by atoms with van der Waals surface area (Å²) in [6.45, 7) is 5.70. The summed E-state index contributed by atoms with van der Waals surface area (Å²) in [5.41, 5.74) is -0.129. The minimum absolute atomic E-state index is 0.0772. The number of ether oxygens (including phenoxy) is 1. The summed E-state index contributed by atoms with van der Waals surface area (Å²) < 4.78 is 67.8. The smallest absolute Gasteiger partial charge is 0.379 e. The highest BCUT2D eigenvalue weighted by atomic mass is 32.2. The fourth-order valence-corrected chi connectivity index (χ4v) is 4.90. The molecule has 164 valence electrons. The molecule has 1 saturated heterocycles. The summed E-state index contributed by atoms with van der Waals surface area (Å²) in [6.07, 6.45) is -4.42. The molecule has 29 heavy (non-hydrogen) atoms. The van der Waals surface area contributed by atoms with Crippen LogP contribution in [0, 0.1) is 5.92 Å². The number of amides is 1. The first-order chi connectivity index (χ1) is 13.5. The zero-order valence-electron chi connectivity index (χ0n) is 16.5. The lowest BCUT2D eigenvalue weighted by molar-refractivity contribution is -0.137. The van der Waals surface area contributed by atoms with E-state index in [4.69, 9.17) is 4.74 Å². The number of hydrogen-bond donors (Lipinski definition) is 1. The summed E-state index contributed by atoms with van der Waals surface area (Å²) in [5.74, 6) is -1.38. The molecule has 0 saturated carbocycles. The number of carbonyl (C=O) groups is 1. The molecule has 0 aliphatic carbocycles. The second kappa shape index (κ2) is 9.90.